The third-order valence-electron chi connectivity index (χ3n) is 5.20. The monoisotopic (exact) mass is 453 g/mol. The molecule has 0 aliphatic carbocycles. The predicted molar refractivity (Wildman–Crippen MR) is 134 cm³/mol. The first-order valence-electron chi connectivity index (χ1n) is 11.0. The van der Waals surface area contributed by atoms with E-state index in [9.17, 15) is 5.11 Å². The van der Waals surface area contributed by atoms with Crippen molar-refractivity contribution in [1.82, 2.24) is 0 Å². The van der Waals surface area contributed by atoms with Crippen LogP contribution in [-0.4, -0.2) is 18.4 Å². The summed E-state index contributed by atoms with van der Waals surface area (Å²) in [6.07, 6.45) is 1.80. The lowest BCUT2D eigenvalue weighted by atomic mass is 10.2. The lowest BCUT2D eigenvalue weighted by Crippen LogP contribution is -1.98. The summed E-state index contributed by atoms with van der Waals surface area (Å²) in [5, 5.41) is 10.1. The van der Waals surface area contributed by atoms with E-state index < -0.39 is 0 Å². The third kappa shape index (κ3) is 6.39. The second kappa shape index (κ2) is 11.6. The number of aromatic hydroxyl groups is 1. The summed E-state index contributed by atoms with van der Waals surface area (Å²) in [6.45, 7) is 1.30. The largest absolute Gasteiger partial charge is 0.504 e. The van der Waals surface area contributed by atoms with Crippen molar-refractivity contribution in [3.8, 4) is 23.0 Å². The van der Waals surface area contributed by atoms with Gasteiger partial charge in [0.25, 0.3) is 0 Å². The van der Waals surface area contributed by atoms with Gasteiger partial charge in [-0.25, -0.2) is 0 Å². The Morgan fingerprint density at radius 2 is 1.32 bits per heavy atom. The zero-order valence-electron chi connectivity index (χ0n) is 19.1. The van der Waals surface area contributed by atoms with Crippen LogP contribution >= 0.6 is 0 Å². The number of aliphatic imine (C=N–C) groups is 1. The molecule has 4 aromatic rings. The molecule has 0 unspecified atom stereocenters. The SMILES string of the molecule is COc1ccc(C=NCc2ccc(O)c(OCc3ccccc3)c2)cc1OCc1ccccc1. The molecule has 0 atom stereocenters. The standard InChI is InChI=1S/C29H27NO4/c1-32-27-15-13-25(17-29(27)34-21-23-10-6-3-7-11-23)19-30-18-24-12-14-26(31)28(16-24)33-20-22-8-4-2-5-9-22/h2-17,19,31H,18,20-21H2,1H3. The van der Waals surface area contributed by atoms with Gasteiger partial charge in [0.1, 0.15) is 13.2 Å². The van der Waals surface area contributed by atoms with Gasteiger partial charge in [-0.2, -0.15) is 0 Å². The van der Waals surface area contributed by atoms with Gasteiger partial charge in [0.2, 0.25) is 0 Å². The molecule has 0 heterocycles. The van der Waals surface area contributed by atoms with Crippen LogP contribution in [-0.2, 0) is 19.8 Å². The molecule has 0 spiro atoms. The molecular formula is C29H27NO4. The molecule has 4 rings (SSSR count). The number of ether oxygens (including phenoxy) is 3. The van der Waals surface area contributed by atoms with Crippen LogP contribution in [0.3, 0.4) is 0 Å². The van der Waals surface area contributed by atoms with Gasteiger partial charge in [-0.05, 0) is 52.6 Å². The van der Waals surface area contributed by atoms with Gasteiger partial charge in [0.05, 0.1) is 13.7 Å². The minimum absolute atomic E-state index is 0.110. The van der Waals surface area contributed by atoms with Crippen molar-refractivity contribution in [3.63, 3.8) is 0 Å². The molecule has 5 heteroatoms. The average Bonchev–Trinajstić information content (AvgIpc) is 2.89. The topological polar surface area (TPSA) is 60.3 Å². The van der Waals surface area contributed by atoms with Crippen LogP contribution in [0.25, 0.3) is 0 Å². The second-order valence-electron chi connectivity index (χ2n) is 7.73. The summed E-state index contributed by atoms with van der Waals surface area (Å²) in [7, 11) is 1.63. The molecule has 0 bridgehead atoms. The summed E-state index contributed by atoms with van der Waals surface area (Å²) in [5.41, 5.74) is 3.96. The maximum absolute atomic E-state index is 10.1. The van der Waals surface area contributed by atoms with Crippen LogP contribution in [0.2, 0.25) is 0 Å². The Bertz CT molecular complexity index is 1220. The molecule has 1 N–H and O–H groups in total. The number of hydrogen-bond donors (Lipinski definition) is 1. The van der Waals surface area contributed by atoms with Crippen LogP contribution in [0.5, 0.6) is 23.0 Å². The number of phenolic OH excluding ortho intramolecular Hbond substituents is 1. The molecule has 0 fully saturated rings. The highest BCUT2D eigenvalue weighted by Gasteiger charge is 2.07. The number of rotatable bonds is 10. The van der Waals surface area contributed by atoms with Gasteiger partial charge >= 0.3 is 0 Å². The van der Waals surface area contributed by atoms with E-state index in [0.717, 1.165) is 22.3 Å². The van der Waals surface area contributed by atoms with E-state index >= 15 is 0 Å². The maximum atomic E-state index is 10.1. The van der Waals surface area contributed by atoms with Crippen molar-refractivity contribution in [2.75, 3.05) is 7.11 Å². The van der Waals surface area contributed by atoms with Crippen LogP contribution in [0.1, 0.15) is 22.3 Å². The van der Waals surface area contributed by atoms with Gasteiger partial charge in [-0.1, -0.05) is 66.7 Å². The summed E-state index contributed by atoms with van der Waals surface area (Å²) < 4.78 is 17.2. The van der Waals surface area contributed by atoms with Gasteiger partial charge in [-0.3, -0.25) is 4.99 Å². The first-order valence-corrected chi connectivity index (χ1v) is 11.0. The smallest absolute Gasteiger partial charge is 0.162 e. The van der Waals surface area contributed by atoms with Gasteiger partial charge < -0.3 is 19.3 Å². The number of methoxy groups -OCH3 is 1. The van der Waals surface area contributed by atoms with Crippen molar-refractivity contribution >= 4 is 6.21 Å². The van der Waals surface area contributed by atoms with E-state index in [0.29, 0.717) is 37.0 Å². The van der Waals surface area contributed by atoms with Crippen molar-refractivity contribution < 1.29 is 19.3 Å². The number of hydrogen-bond acceptors (Lipinski definition) is 5. The predicted octanol–water partition coefficient (Wildman–Crippen LogP) is 6.18. The van der Waals surface area contributed by atoms with Crippen LogP contribution in [0.15, 0.2) is 102 Å². The van der Waals surface area contributed by atoms with Crippen LogP contribution in [0.4, 0.5) is 0 Å². The van der Waals surface area contributed by atoms with Crippen molar-refractivity contribution in [2.45, 2.75) is 19.8 Å². The normalized spacial score (nSPS) is 10.9. The molecule has 4 aromatic carbocycles. The maximum Gasteiger partial charge on any atom is 0.162 e. The van der Waals surface area contributed by atoms with Crippen molar-refractivity contribution in [2.24, 2.45) is 4.99 Å². The Morgan fingerprint density at radius 1 is 0.676 bits per heavy atom. The Hall–Kier alpha value is -4.25. The molecule has 0 amide bonds. The van der Waals surface area contributed by atoms with E-state index in [4.69, 9.17) is 14.2 Å². The Labute approximate surface area is 199 Å². The molecule has 5 nitrogen and oxygen atoms in total. The molecule has 0 saturated heterocycles. The Balaban J connectivity index is 1.39. The zero-order valence-corrected chi connectivity index (χ0v) is 19.1. The van der Waals surface area contributed by atoms with Gasteiger partial charge in [0.15, 0.2) is 23.0 Å². The molecule has 0 aliphatic rings. The molecule has 0 saturated carbocycles. The van der Waals surface area contributed by atoms with E-state index in [2.05, 4.69) is 4.99 Å². The average molecular weight is 454 g/mol. The quantitative estimate of drug-likeness (QED) is 0.291. The molecule has 0 radical (unpaired) electrons. The summed E-state index contributed by atoms with van der Waals surface area (Å²) in [6, 6.07) is 30.8. The minimum Gasteiger partial charge on any atom is -0.504 e. The van der Waals surface area contributed by atoms with Gasteiger partial charge in [0, 0.05) is 6.21 Å². The lowest BCUT2D eigenvalue weighted by Gasteiger charge is -2.11. The number of benzene rings is 4. The van der Waals surface area contributed by atoms with Crippen LogP contribution in [0, 0.1) is 0 Å². The third-order valence-corrected chi connectivity index (χ3v) is 5.20. The minimum atomic E-state index is 0.110. The van der Waals surface area contributed by atoms with Crippen molar-refractivity contribution in [3.05, 3.63) is 119 Å². The van der Waals surface area contributed by atoms with E-state index in [1.165, 1.54) is 0 Å². The molecular weight excluding hydrogens is 426 g/mol. The second-order valence-corrected chi connectivity index (χ2v) is 7.73. The Kier molecular flexibility index (Phi) is 7.80. The fourth-order valence-electron chi connectivity index (χ4n) is 3.39. The first kappa shape index (κ1) is 22.9. The highest BCUT2D eigenvalue weighted by molar-refractivity contribution is 5.81. The summed E-state index contributed by atoms with van der Waals surface area (Å²) in [5.74, 6) is 1.89. The lowest BCUT2D eigenvalue weighted by molar-refractivity contribution is 0.284. The molecule has 0 aliphatic heterocycles. The molecule has 0 aromatic heterocycles. The highest BCUT2D eigenvalue weighted by Crippen LogP contribution is 2.29. The Morgan fingerprint density at radius 3 is 1.97 bits per heavy atom. The van der Waals surface area contributed by atoms with E-state index in [-0.39, 0.29) is 5.75 Å². The highest BCUT2D eigenvalue weighted by atomic mass is 16.5. The van der Waals surface area contributed by atoms with E-state index in [1.54, 1.807) is 19.4 Å². The fourth-order valence-corrected chi connectivity index (χ4v) is 3.39. The summed E-state index contributed by atoms with van der Waals surface area (Å²) >= 11 is 0. The molecule has 172 valence electrons. The number of phenols is 1. The summed E-state index contributed by atoms with van der Waals surface area (Å²) in [4.78, 5) is 4.56. The van der Waals surface area contributed by atoms with Crippen LogP contribution < -0.4 is 14.2 Å². The molecule has 34 heavy (non-hydrogen) atoms. The van der Waals surface area contributed by atoms with Gasteiger partial charge in [-0.15, -0.1) is 0 Å². The van der Waals surface area contributed by atoms with Crippen molar-refractivity contribution in [1.29, 1.82) is 0 Å². The van der Waals surface area contributed by atoms with E-state index in [1.807, 2.05) is 91.0 Å². The fraction of sp³-hybridized carbons (Fsp3) is 0.138. The zero-order chi connectivity index (χ0) is 23.6. The first-order chi connectivity index (χ1) is 16.7. The number of nitrogens with zero attached hydrogens (tertiary/aromatic N) is 1.